The number of benzene rings is 2. The van der Waals surface area contributed by atoms with Crippen LogP contribution in [0.1, 0.15) is 35.8 Å². The summed E-state index contributed by atoms with van der Waals surface area (Å²) in [5.41, 5.74) is 3.40. The van der Waals surface area contributed by atoms with Crippen molar-refractivity contribution in [3.05, 3.63) is 101 Å². The molecule has 1 aliphatic heterocycles. The van der Waals surface area contributed by atoms with Crippen LogP contribution in [-0.4, -0.2) is 29.1 Å². The molecule has 1 aromatic heterocycles. The first-order chi connectivity index (χ1) is 13.8. The molecule has 0 spiro atoms. The molecule has 1 saturated heterocycles. The first kappa shape index (κ1) is 19.1. The maximum atomic E-state index is 6.57. The quantitative estimate of drug-likeness (QED) is 0.553. The van der Waals surface area contributed by atoms with Crippen LogP contribution in [0.3, 0.4) is 0 Å². The third-order valence-corrected chi connectivity index (χ3v) is 5.49. The Labute approximate surface area is 171 Å². The largest absolute Gasteiger partial charge is 0.364 e. The van der Waals surface area contributed by atoms with Gasteiger partial charge in [-0.15, -0.1) is 0 Å². The van der Waals surface area contributed by atoms with Gasteiger partial charge in [0.05, 0.1) is 11.8 Å². The Morgan fingerprint density at radius 2 is 1.64 bits per heavy atom. The first-order valence-electron chi connectivity index (χ1n) is 9.86. The molecule has 28 heavy (non-hydrogen) atoms. The van der Waals surface area contributed by atoms with Crippen LogP contribution in [0.5, 0.6) is 0 Å². The number of pyridine rings is 1. The summed E-state index contributed by atoms with van der Waals surface area (Å²) < 4.78 is 6.57. The van der Waals surface area contributed by atoms with E-state index < -0.39 is 0 Å². The summed E-state index contributed by atoms with van der Waals surface area (Å²) in [6, 6.07) is 24.5. The highest BCUT2D eigenvalue weighted by atomic mass is 35.5. The van der Waals surface area contributed by atoms with Crippen LogP contribution in [0, 0.1) is 0 Å². The van der Waals surface area contributed by atoms with Gasteiger partial charge in [-0.25, -0.2) is 0 Å². The highest BCUT2D eigenvalue weighted by Crippen LogP contribution is 2.30. The van der Waals surface area contributed by atoms with Crippen LogP contribution in [0.4, 0.5) is 0 Å². The van der Waals surface area contributed by atoms with E-state index in [1.165, 1.54) is 5.56 Å². The molecule has 4 rings (SSSR count). The lowest BCUT2D eigenvalue weighted by Gasteiger charge is -2.34. The van der Waals surface area contributed by atoms with Crippen LogP contribution >= 0.6 is 11.6 Å². The molecule has 144 valence electrons. The van der Waals surface area contributed by atoms with E-state index in [-0.39, 0.29) is 12.2 Å². The van der Waals surface area contributed by atoms with E-state index in [9.17, 15) is 0 Å². The molecular formula is C24H25ClN2O. The Hall–Kier alpha value is -2.20. The Morgan fingerprint density at radius 3 is 2.32 bits per heavy atom. The summed E-state index contributed by atoms with van der Waals surface area (Å²) in [7, 11) is 0. The van der Waals surface area contributed by atoms with Gasteiger partial charge in [-0.1, -0.05) is 60.1 Å². The third kappa shape index (κ3) is 4.99. The number of hydrogen-bond donors (Lipinski definition) is 0. The van der Waals surface area contributed by atoms with Gasteiger partial charge in [-0.05, 0) is 48.2 Å². The molecule has 0 amide bonds. The number of hydrogen-bond acceptors (Lipinski definition) is 3. The van der Waals surface area contributed by atoms with Crippen LogP contribution < -0.4 is 0 Å². The predicted octanol–water partition coefficient (Wildman–Crippen LogP) is 5.51. The van der Waals surface area contributed by atoms with E-state index in [0.717, 1.165) is 48.8 Å². The first-order valence-corrected chi connectivity index (χ1v) is 10.2. The summed E-state index contributed by atoms with van der Waals surface area (Å²) in [6.45, 7) is 3.11. The van der Waals surface area contributed by atoms with Gasteiger partial charge >= 0.3 is 0 Å². The van der Waals surface area contributed by atoms with Crippen molar-refractivity contribution in [2.24, 2.45) is 0 Å². The van der Waals surface area contributed by atoms with Gasteiger partial charge in [-0.2, -0.15) is 0 Å². The molecule has 2 aromatic carbocycles. The normalized spacial score (nSPS) is 16.8. The molecule has 0 aliphatic carbocycles. The number of halogens is 1. The zero-order valence-electron chi connectivity index (χ0n) is 15.9. The highest BCUT2D eigenvalue weighted by molar-refractivity contribution is 6.30. The minimum atomic E-state index is -0.163. The van der Waals surface area contributed by atoms with Gasteiger partial charge < -0.3 is 4.74 Å². The van der Waals surface area contributed by atoms with E-state index >= 15 is 0 Å². The van der Waals surface area contributed by atoms with Gasteiger partial charge in [0.25, 0.3) is 0 Å². The smallest absolute Gasteiger partial charge is 0.125 e. The topological polar surface area (TPSA) is 25.4 Å². The van der Waals surface area contributed by atoms with Crippen LogP contribution in [-0.2, 0) is 11.3 Å². The zero-order valence-corrected chi connectivity index (χ0v) is 16.6. The average molecular weight is 393 g/mol. The van der Waals surface area contributed by atoms with Crippen LogP contribution in [0.2, 0.25) is 5.02 Å². The summed E-state index contributed by atoms with van der Waals surface area (Å²) >= 11 is 6.07. The van der Waals surface area contributed by atoms with Gasteiger partial charge in [0.15, 0.2) is 0 Å². The molecule has 3 aromatic rings. The summed E-state index contributed by atoms with van der Waals surface area (Å²) in [4.78, 5) is 7.05. The third-order valence-electron chi connectivity index (χ3n) is 5.24. The SMILES string of the molecule is Clc1ccc([C@H](OC2CCN(Cc3ccccc3)CC2)c2ccccn2)cc1. The number of ether oxygens (including phenoxy) is 1. The summed E-state index contributed by atoms with van der Waals surface area (Å²) in [5, 5.41) is 0.734. The van der Waals surface area contributed by atoms with Crippen molar-refractivity contribution in [3.63, 3.8) is 0 Å². The van der Waals surface area contributed by atoms with E-state index in [1.807, 2.05) is 48.7 Å². The number of piperidine rings is 1. The monoisotopic (exact) mass is 392 g/mol. The van der Waals surface area contributed by atoms with Crippen molar-refractivity contribution in [2.45, 2.75) is 31.6 Å². The fourth-order valence-electron chi connectivity index (χ4n) is 3.73. The predicted molar refractivity (Wildman–Crippen MR) is 113 cm³/mol. The molecule has 4 heteroatoms. The maximum Gasteiger partial charge on any atom is 0.125 e. The Balaban J connectivity index is 1.41. The molecule has 0 radical (unpaired) electrons. The second-order valence-electron chi connectivity index (χ2n) is 7.28. The molecule has 1 atom stereocenters. The zero-order chi connectivity index (χ0) is 19.2. The number of aromatic nitrogens is 1. The van der Waals surface area contributed by atoms with Crippen molar-refractivity contribution in [1.82, 2.24) is 9.88 Å². The van der Waals surface area contributed by atoms with Crippen molar-refractivity contribution in [1.29, 1.82) is 0 Å². The molecule has 0 bridgehead atoms. The van der Waals surface area contributed by atoms with Crippen molar-refractivity contribution in [3.8, 4) is 0 Å². The Morgan fingerprint density at radius 1 is 0.929 bits per heavy atom. The van der Waals surface area contributed by atoms with Gasteiger partial charge in [0.1, 0.15) is 6.10 Å². The number of rotatable bonds is 6. The fraction of sp³-hybridized carbons (Fsp3) is 0.292. The van der Waals surface area contributed by atoms with Crippen molar-refractivity contribution >= 4 is 11.6 Å². The van der Waals surface area contributed by atoms with E-state index in [4.69, 9.17) is 16.3 Å². The minimum Gasteiger partial charge on any atom is -0.364 e. The summed E-state index contributed by atoms with van der Waals surface area (Å²) in [6.07, 6.45) is 3.95. The molecule has 0 unspecified atom stereocenters. The van der Waals surface area contributed by atoms with Gasteiger partial charge in [0.2, 0.25) is 0 Å². The van der Waals surface area contributed by atoms with Gasteiger partial charge in [-0.3, -0.25) is 9.88 Å². The Bertz CT molecular complexity index is 847. The lowest BCUT2D eigenvalue weighted by atomic mass is 10.0. The molecule has 1 aliphatic rings. The van der Waals surface area contributed by atoms with Crippen molar-refractivity contribution < 1.29 is 4.74 Å². The lowest BCUT2D eigenvalue weighted by Crippen LogP contribution is -2.37. The fourth-order valence-corrected chi connectivity index (χ4v) is 3.85. The van der Waals surface area contributed by atoms with Gasteiger partial charge in [0, 0.05) is 30.9 Å². The minimum absolute atomic E-state index is 0.163. The standard InChI is InChI=1S/C24H25ClN2O/c25-21-11-9-20(10-12-21)24(23-8-4-5-15-26-23)28-22-13-16-27(17-14-22)18-19-6-2-1-3-7-19/h1-12,15,22,24H,13-14,16-18H2/t24-/m0/s1. The maximum absolute atomic E-state index is 6.57. The summed E-state index contributed by atoms with van der Waals surface area (Å²) in [5.74, 6) is 0. The van der Waals surface area contributed by atoms with E-state index in [1.54, 1.807) is 0 Å². The molecular weight excluding hydrogens is 368 g/mol. The molecule has 0 N–H and O–H groups in total. The molecule has 1 fully saturated rings. The van der Waals surface area contributed by atoms with Crippen molar-refractivity contribution in [2.75, 3.05) is 13.1 Å². The van der Waals surface area contributed by atoms with E-state index in [2.05, 4.69) is 40.2 Å². The molecule has 2 heterocycles. The molecule has 3 nitrogen and oxygen atoms in total. The number of likely N-dealkylation sites (tertiary alicyclic amines) is 1. The highest BCUT2D eigenvalue weighted by Gasteiger charge is 2.25. The number of nitrogens with zero attached hydrogens (tertiary/aromatic N) is 2. The second-order valence-corrected chi connectivity index (χ2v) is 7.72. The average Bonchev–Trinajstić information content (AvgIpc) is 2.75. The molecule has 0 saturated carbocycles. The second kappa shape index (κ2) is 9.33. The van der Waals surface area contributed by atoms with E-state index in [0.29, 0.717) is 0 Å². The van der Waals surface area contributed by atoms with Crippen LogP contribution in [0.15, 0.2) is 79.0 Å². The van der Waals surface area contributed by atoms with Crippen LogP contribution in [0.25, 0.3) is 0 Å². The lowest BCUT2D eigenvalue weighted by molar-refractivity contribution is -0.0296. The Kier molecular flexibility index (Phi) is 6.38.